The normalized spacial score (nSPS) is 13.4. The van der Waals surface area contributed by atoms with Crippen LogP contribution < -0.4 is 0 Å². The molecule has 0 spiro atoms. The SMILES string of the molecule is CCn1c(SC(C)c2nc(C(C)(C)C)no2)nnc1-c1cccs1. The van der Waals surface area contributed by atoms with Crippen LogP contribution in [0.15, 0.2) is 27.2 Å². The molecule has 0 aliphatic heterocycles. The Hall–Kier alpha value is -1.67. The Morgan fingerprint density at radius 3 is 2.71 bits per heavy atom. The number of nitrogens with zero attached hydrogens (tertiary/aromatic N) is 5. The summed E-state index contributed by atoms with van der Waals surface area (Å²) in [6, 6.07) is 4.09. The van der Waals surface area contributed by atoms with Crippen LogP contribution in [0, 0.1) is 0 Å². The van der Waals surface area contributed by atoms with Crippen LogP contribution in [0.5, 0.6) is 0 Å². The standard InChI is InChI=1S/C16H21N5OS2/c1-6-21-12(11-8-7-9-23-11)18-19-15(21)24-10(2)13-17-14(20-22-13)16(3,4)5/h7-10H,6H2,1-5H3. The van der Waals surface area contributed by atoms with Crippen molar-refractivity contribution in [2.75, 3.05) is 0 Å². The van der Waals surface area contributed by atoms with Crippen molar-refractivity contribution in [2.45, 2.75) is 57.0 Å². The molecule has 0 aliphatic carbocycles. The van der Waals surface area contributed by atoms with Crippen molar-refractivity contribution < 1.29 is 4.52 Å². The van der Waals surface area contributed by atoms with Gasteiger partial charge < -0.3 is 9.09 Å². The van der Waals surface area contributed by atoms with Crippen molar-refractivity contribution in [3.8, 4) is 10.7 Å². The van der Waals surface area contributed by atoms with Crippen LogP contribution in [0.4, 0.5) is 0 Å². The second-order valence-electron chi connectivity index (χ2n) is 6.49. The Morgan fingerprint density at radius 2 is 2.12 bits per heavy atom. The third-order valence-electron chi connectivity index (χ3n) is 3.52. The minimum Gasteiger partial charge on any atom is -0.338 e. The number of thioether (sulfide) groups is 1. The molecule has 0 N–H and O–H groups in total. The largest absolute Gasteiger partial charge is 0.338 e. The van der Waals surface area contributed by atoms with E-state index in [4.69, 9.17) is 4.52 Å². The molecule has 1 atom stereocenters. The van der Waals surface area contributed by atoms with Gasteiger partial charge in [-0.1, -0.05) is 43.8 Å². The summed E-state index contributed by atoms with van der Waals surface area (Å²) < 4.78 is 7.56. The maximum atomic E-state index is 5.44. The monoisotopic (exact) mass is 363 g/mol. The summed E-state index contributed by atoms with van der Waals surface area (Å²) in [5, 5.41) is 15.7. The van der Waals surface area contributed by atoms with E-state index in [-0.39, 0.29) is 10.7 Å². The molecule has 0 aliphatic rings. The Labute approximate surface area is 149 Å². The van der Waals surface area contributed by atoms with E-state index >= 15 is 0 Å². The van der Waals surface area contributed by atoms with Crippen LogP contribution in [-0.4, -0.2) is 24.9 Å². The van der Waals surface area contributed by atoms with Gasteiger partial charge in [0.2, 0.25) is 5.89 Å². The molecule has 3 rings (SSSR count). The molecule has 3 aromatic rings. The minimum atomic E-state index is -0.123. The summed E-state index contributed by atoms with van der Waals surface area (Å²) in [6.07, 6.45) is 0. The minimum absolute atomic E-state index is 0.0132. The lowest BCUT2D eigenvalue weighted by atomic mass is 9.96. The molecular weight excluding hydrogens is 342 g/mol. The topological polar surface area (TPSA) is 69.6 Å². The van der Waals surface area contributed by atoms with Crippen LogP contribution in [0.3, 0.4) is 0 Å². The first-order valence-electron chi connectivity index (χ1n) is 7.88. The lowest BCUT2D eigenvalue weighted by Crippen LogP contribution is -2.13. The summed E-state index contributed by atoms with van der Waals surface area (Å²) in [6.45, 7) is 11.2. The highest BCUT2D eigenvalue weighted by molar-refractivity contribution is 7.99. The summed E-state index contributed by atoms with van der Waals surface area (Å²) in [7, 11) is 0. The number of hydrogen-bond acceptors (Lipinski definition) is 7. The fourth-order valence-corrected chi connectivity index (χ4v) is 3.82. The van der Waals surface area contributed by atoms with Gasteiger partial charge in [0.15, 0.2) is 16.8 Å². The van der Waals surface area contributed by atoms with Gasteiger partial charge in [0, 0.05) is 12.0 Å². The molecule has 0 saturated heterocycles. The van der Waals surface area contributed by atoms with E-state index in [0.29, 0.717) is 5.89 Å². The molecule has 0 fully saturated rings. The van der Waals surface area contributed by atoms with E-state index in [1.807, 2.05) is 18.4 Å². The average Bonchev–Trinajstić information content (AvgIpc) is 3.26. The van der Waals surface area contributed by atoms with E-state index in [2.05, 4.69) is 58.7 Å². The van der Waals surface area contributed by atoms with E-state index in [1.165, 1.54) is 0 Å². The van der Waals surface area contributed by atoms with Gasteiger partial charge in [-0.2, -0.15) is 4.98 Å². The zero-order valence-corrected chi connectivity index (χ0v) is 16.1. The molecule has 3 heterocycles. The van der Waals surface area contributed by atoms with Gasteiger partial charge in [0.05, 0.1) is 10.1 Å². The van der Waals surface area contributed by atoms with Gasteiger partial charge in [0.1, 0.15) is 0 Å². The Morgan fingerprint density at radius 1 is 1.33 bits per heavy atom. The molecule has 0 amide bonds. The molecule has 1 unspecified atom stereocenters. The molecule has 0 aromatic carbocycles. The molecule has 128 valence electrons. The number of thiophene rings is 1. The first-order chi connectivity index (χ1) is 11.4. The third kappa shape index (κ3) is 3.39. The Kier molecular flexibility index (Phi) is 4.78. The maximum absolute atomic E-state index is 5.44. The third-order valence-corrected chi connectivity index (χ3v) is 5.45. The number of hydrogen-bond donors (Lipinski definition) is 0. The van der Waals surface area contributed by atoms with Crippen molar-refractivity contribution in [3.05, 3.63) is 29.2 Å². The van der Waals surface area contributed by atoms with Crippen LogP contribution in [-0.2, 0) is 12.0 Å². The van der Waals surface area contributed by atoms with Crippen LogP contribution in [0.1, 0.15) is 51.6 Å². The highest BCUT2D eigenvalue weighted by atomic mass is 32.2. The van der Waals surface area contributed by atoms with Gasteiger partial charge in [-0.25, -0.2) is 0 Å². The molecule has 8 heteroatoms. The van der Waals surface area contributed by atoms with Crippen LogP contribution >= 0.6 is 23.1 Å². The highest BCUT2D eigenvalue weighted by Gasteiger charge is 2.25. The van der Waals surface area contributed by atoms with Gasteiger partial charge in [-0.05, 0) is 25.3 Å². The smallest absolute Gasteiger partial charge is 0.239 e. The molecule has 6 nitrogen and oxygen atoms in total. The summed E-state index contributed by atoms with van der Waals surface area (Å²) >= 11 is 3.25. The quantitative estimate of drug-likeness (QED) is 0.619. The van der Waals surface area contributed by atoms with Crippen molar-refractivity contribution in [3.63, 3.8) is 0 Å². The first-order valence-corrected chi connectivity index (χ1v) is 9.64. The summed E-state index contributed by atoms with van der Waals surface area (Å²) in [4.78, 5) is 5.66. The van der Waals surface area contributed by atoms with Crippen molar-refractivity contribution >= 4 is 23.1 Å². The molecule has 24 heavy (non-hydrogen) atoms. The number of rotatable bonds is 5. The van der Waals surface area contributed by atoms with Gasteiger partial charge in [0.25, 0.3) is 0 Å². The lowest BCUT2D eigenvalue weighted by Gasteiger charge is -2.11. The fourth-order valence-electron chi connectivity index (χ4n) is 2.16. The Bertz CT molecular complexity index is 801. The molecule has 0 radical (unpaired) electrons. The van der Waals surface area contributed by atoms with E-state index in [0.717, 1.165) is 28.2 Å². The van der Waals surface area contributed by atoms with E-state index in [1.54, 1.807) is 23.1 Å². The second-order valence-corrected chi connectivity index (χ2v) is 8.75. The van der Waals surface area contributed by atoms with Gasteiger partial charge in [-0.3, -0.25) is 0 Å². The summed E-state index contributed by atoms with van der Waals surface area (Å²) in [5.74, 6) is 2.25. The molecule has 0 saturated carbocycles. The van der Waals surface area contributed by atoms with Crippen molar-refractivity contribution in [1.82, 2.24) is 24.9 Å². The first kappa shape index (κ1) is 17.2. The zero-order valence-electron chi connectivity index (χ0n) is 14.5. The molecular formula is C16H21N5OS2. The average molecular weight is 364 g/mol. The highest BCUT2D eigenvalue weighted by Crippen LogP contribution is 2.36. The zero-order chi connectivity index (χ0) is 17.3. The van der Waals surface area contributed by atoms with Gasteiger partial charge in [-0.15, -0.1) is 21.5 Å². The molecule has 3 aromatic heterocycles. The van der Waals surface area contributed by atoms with Crippen LogP contribution in [0.2, 0.25) is 0 Å². The predicted molar refractivity (Wildman–Crippen MR) is 96.3 cm³/mol. The summed E-state index contributed by atoms with van der Waals surface area (Å²) in [5.41, 5.74) is -0.123. The van der Waals surface area contributed by atoms with Crippen molar-refractivity contribution in [2.24, 2.45) is 0 Å². The molecule has 0 bridgehead atoms. The predicted octanol–water partition coefficient (Wildman–Crippen LogP) is 4.56. The van der Waals surface area contributed by atoms with Crippen molar-refractivity contribution in [1.29, 1.82) is 0 Å². The Balaban J connectivity index is 1.82. The van der Waals surface area contributed by atoms with Crippen LogP contribution in [0.25, 0.3) is 10.7 Å². The maximum Gasteiger partial charge on any atom is 0.239 e. The lowest BCUT2D eigenvalue weighted by molar-refractivity contribution is 0.364. The van der Waals surface area contributed by atoms with E-state index < -0.39 is 0 Å². The van der Waals surface area contributed by atoms with E-state index in [9.17, 15) is 0 Å². The van der Waals surface area contributed by atoms with Gasteiger partial charge >= 0.3 is 0 Å². The second kappa shape index (κ2) is 6.68. The number of aromatic nitrogens is 5. The fraction of sp³-hybridized carbons (Fsp3) is 0.500.